The molecule has 0 bridgehead atoms. The number of carboxylic acid groups (broad SMARTS) is 1. The van der Waals surface area contributed by atoms with Gasteiger partial charge in [0.25, 0.3) is 11.1 Å². The monoisotopic (exact) mass is 268 g/mol. The van der Waals surface area contributed by atoms with Crippen molar-refractivity contribution in [2.75, 3.05) is 5.75 Å². The maximum atomic E-state index is 10.4. The summed E-state index contributed by atoms with van der Waals surface area (Å²) in [6.45, 7) is 2.89. The lowest BCUT2D eigenvalue weighted by Gasteiger charge is -1.94. The number of hydrogen-bond acceptors (Lipinski definition) is 6. The molecule has 0 atom stereocenters. The molecule has 0 aliphatic carbocycles. The first-order valence-corrected chi connectivity index (χ1v) is 6.39. The predicted octanol–water partition coefficient (Wildman–Crippen LogP) is 1.52. The minimum absolute atomic E-state index is 0.105. The van der Waals surface area contributed by atoms with Crippen molar-refractivity contribution in [2.45, 2.75) is 25.1 Å². The van der Waals surface area contributed by atoms with Gasteiger partial charge in [0.2, 0.25) is 0 Å². The predicted molar refractivity (Wildman–Crippen MR) is 64.2 cm³/mol. The van der Waals surface area contributed by atoms with Crippen molar-refractivity contribution < 1.29 is 14.3 Å². The second kappa shape index (κ2) is 5.67. The summed E-state index contributed by atoms with van der Waals surface area (Å²) in [6, 6.07) is 1.79. The topological polar surface area (TPSA) is 94.0 Å². The number of rotatable bonds is 6. The number of thioether (sulfide) groups is 1. The molecule has 2 aromatic rings. The summed E-state index contributed by atoms with van der Waals surface area (Å²) in [5, 5.41) is 20.6. The standard InChI is InChI=1S/C10H12N4O3S/c1-2-4-14-5-3-7(13-14)9-11-12-10(17-9)18-6-8(15)16/h3,5H,2,4,6H2,1H3,(H,15,16). The summed E-state index contributed by atoms with van der Waals surface area (Å²) in [5.41, 5.74) is 0.595. The highest BCUT2D eigenvalue weighted by molar-refractivity contribution is 7.99. The van der Waals surface area contributed by atoms with Crippen LogP contribution < -0.4 is 0 Å². The van der Waals surface area contributed by atoms with E-state index in [9.17, 15) is 4.79 Å². The minimum atomic E-state index is -0.924. The van der Waals surface area contributed by atoms with Crippen LogP contribution in [0.4, 0.5) is 0 Å². The van der Waals surface area contributed by atoms with Gasteiger partial charge in [-0.05, 0) is 12.5 Å². The molecule has 0 fully saturated rings. The van der Waals surface area contributed by atoms with Gasteiger partial charge in [0.05, 0.1) is 0 Å². The molecule has 0 aliphatic rings. The van der Waals surface area contributed by atoms with Crippen LogP contribution in [0.15, 0.2) is 21.9 Å². The van der Waals surface area contributed by atoms with E-state index in [0.29, 0.717) is 11.6 Å². The Kier molecular flexibility index (Phi) is 3.98. The molecule has 8 heteroatoms. The quantitative estimate of drug-likeness (QED) is 0.793. The Hall–Kier alpha value is -1.83. The lowest BCUT2D eigenvalue weighted by molar-refractivity contribution is -0.133. The fourth-order valence-corrected chi connectivity index (χ4v) is 1.81. The number of aryl methyl sites for hydroxylation is 1. The van der Waals surface area contributed by atoms with Crippen molar-refractivity contribution in [3.8, 4) is 11.6 Å². The van der Waals surface area contributed by atoms with Crippen molar-refractivity contribution in [1.82, 2.24) is 20.0 Å². The maximum absolute atomic E-state index is 10.4. The molecule has 7 nitrogen and oxygen atoms in total. The van der Waals surface area contributed by atoms with Gasteiger partial charge in [0.15, 0.2) is 0 Å². The van der Waals surface area contributed by atoms with E-state index in [0.717, 1.165) is 24.7 Å². The lowest BCUT2D eigenvalue weighted by Crippen LogP contribution is -1.97. The smallest absolute Gasteiger partial charge is 0.314 e. The Morgan fingerprint density at radius 2 is 2.39 bits per heavy atom. The third kappa shape index (κ3) is 3.10. The van der Waals surface area contributed by atoms with Gasteiger partial charge in [-0.25, -0.2) is 0 Å². The van der Waals surface area contributed by atoms with Gasteiger partial charge in [0, 0.05) is 12.7 Å². The average molecular weight is 268 g/mol. The van der Waals surface area contributed by atoms with Crippen molar-refractivity contribution in [1.29, 1.82) is 0 Å². The van der Waals surface area contributed by atoms with Crippen LogP contribution in [-0.4, -0.2) is 36.8 Å². The number of aliphatic carboxylic acids is 1. The summed E-state index contributed by atoms with van der Waals surface area (Å²) < 4.78 is 7.11. The SMILES string of the molecule is CCCn1ccc(-c2nnc(SCC(=O)O)o2)n1. The zero-order chi connectivity index (χ0) is 13.0. The Morgan fingerprint density at radius 1 is 1.56 bits per heavy atom. The largest absolute Gasteiger partial charge is 0.481 e. The van der Waals surface area contributed by atoms with Crippen LogP contribution in [0.3, 0.4) is 0 Å². The van der Waals surface area contributed by atoms with E-state index >= 15 is 0 Å². The van der Waals surface area contributed by atoms with E-state index in [-0.39, 0.29) is 11.0 Å². The molecule has 0 saturated carbocycles. The van der Waals surface area contributed by atoms with Crippen molar-refractivity contribution >= 4 is 17.7 Å². The molecule has 2 rings (SSSR count). The second-order valence-electron chi connectivity index (χ2n) is 3.52. The number of aromatic nitrogens is 4. The highest BCUT2D eigenvalue weighted by atomic mass is 32.2. The van der Waals surface area contributed by atoms with Crippen LogP contribution in [0.25, 0.3) is 11.6 Å². The molecule has 18 heavy (non-hydrogen) atoms. The summed E-state index contributed by atoms with van der Waals surface area (Å²) in [4.78, 5) is 10.4. The van der Waals surface area contributed by atoms with Crippen LogP contribution in [0.5, 0.6) is 0 Å². The number of nitrogens with zero attached hydrogens (tertiary/aromatic N) is 4. The third-order valence-corrected chi connectivity index (χ3v) is 2.84. The first-order valence-electron chi connectivity index (χ1n) is 5.41. The second-order valence-corrected chi connectivity index (χ2v) is 4.45. The molecule has 0 spiro atoms. The Balaban J connectivity index is 2.06. The van der Waals surface area contributed by atoms with Gasteiger partial charge in [0.1, 0.15) is 11.4 Å². The van der Waals surface area contributed by atoms with Crippen molar-refractivity contribution in [2.24, 2.45) is 0 Å². The van der Waals surface area contributed by atoms with E-state index in [4.69, 9.17) is 9.52 Å². The highest BCUT2D eigenvalue weighted by Gasteiger charge is 2.12. The van der Waals surface area contributed by atoms with Crippen LogP contribution in [0, 0.1) is 0 Å². The molecule has 2 heterocycles. The van der Waals surface area contributed by atoms with Gasteiger partial charge >= 0.3 is 5.97 Å². The Labute approximate surface area is 107 Å². The zero-order valence-corrected chi connectivity index (χ0v) is 10.6. The zero-order valence-electron chi connectivity index (χ0n) is 9.74. The summed E-state index contributed by atoms with van der Waals surface area (Å²) in [5.74, 6) is -0.726. The summed E-state index contributed by atoms with van der Waals surface area (Å²) >= 11 is 0.987. The molecule has 0 aliphatic heterocycles. The molecule has 1 N–H and O–H groups in total. The van der Waals surface area contributed by atoms with E-state index < -0.39 is 5.97 Å². The Bertz CT molecular complexity index is 537. The van der Waals surface area contributed by atoms with Gasteiger partial charge in [-0.2, -0.15) is 5.10 Å². The van der Waals surface area contributed by atoms with Crippen LogP contribution in [0.1, 0.15) is 13.3 Å². The first kappa shape index (κ1) is 12.6. The number of carboxylic acids is 1. The average Bonchev–Trinajstić information content (AvgIpc) is 2.94. The molecular formula is C10H12N4O3S. The molecule has 96 valence electrons. The highest BCUT2D eigenvalue weighted by Crippen LogP contribution is 2.21. The van der Waals surface area contributed by atoms with Crippen LogP contribution in [0.2, 0.25) is 0 Å². The fourth-order valence-electron chi connectivity index (χ4n) is 1.32. The van der Waals surface area contributed by atoms with E-state index in [1.165, 1.54) is 0 Å². The molecule has 0 saturated heterocycles. The molecule has 0 amide bonds. The fraction of sp³-hybridized carbons (Fsp3) is 0.400. The van der Waals surface area contributed by atoms with Gasteiger partial charge in [-0.3, -0.25) is 9.48 Å². The third-order valence-electron chi connectivity index (χ3n) is 2.04. The normalized spacial score (nSPS) is 10.7. The van der Waals surface area contributed by atoms with Crippen molar-refractivity contribution in [3.63, 3.8) is 0 Å². The van der Waals surface area contributed by atoms with Crippen molar-refractivity contribution in [3.05, 3.63) is 12.3 Å². The molecular weight excluding hydrogens is 256 g/mol. The van der Waals surface area contributed by atoms with Gasteiger partial charge < -0.3 is 9.52 Å². The van der Waals surface area contributed by atoms with E-state index in [1.54, 1.807) is 10.7 Å². The molecule has 2 aromatic heterocycles. The van der Waals surface area contributed by atoms with Crippen LogP contribution in [-0.2, 0) is 11.3 Å². The van der Waals surface area contributed by atoms with E-state index in [1.807, 2.05) is 6.20 Å². The number of carbonyl (C=O) groups is 1. The van der Waals surface area contributed by atoms with Gasteiger partial charge in [-0.15, -0.1) is 10.2 Å². The molecule has 0 unspecified atom stereocenters. The lowest BCUT2D eigenvalue weighted by atomic mass is 10.4. The minimum Gasteiger partial charge on any atom is -0.481 e. The van der Waals surface area contributed by atoms with Crippen LogP contribution >= 0.6 is 11.8 Å². The number of hydrogen-bond donors (Lipinski definition) is 1. The first-order chi connectivity index (χ1) is 8.69. The molecule has 0 aromatic carbocycles. The maximum Gasteiger partial charge on any atom is 0.314 e. The molecule has 0 radical (unpaired) electrons. The van der Waals surface area contributed by atoms with E-state index in [2.05, 4.69) is 22.2 Å². The summed E-state index contributed by atoms with van der Waals surface area (Å²) in [6.07, 6.45) is 2.83. The summed E-state index contributed by atoms with van der Waals surface area (Å²) in [7, 11) is 0. The van der Waals surface area contributed by atoms with Gasteiger partial charge in [-0.1, -0.05) is 18.7 Å². The Morgan fingerprint density at radius 3 is 3.11 bits per heavy atom.